The van der Waals surface area contributed by atoms with E-state index in [4.69, 9.17) is 16.3 Å². The van der Waals surface area contributed by atoms with Crippen molar-refractivity contribution in [2.75, 3.05) is 32.5 Å². The van der Waals surface area contributed by atoms with Gasteiger partial charge in [-0.1, -0.05) is 29.8 Å². The Labute approximate surface area is 193 Å². The lowest BCUT2D eigenvalue weighted by Gasteiger charge is -2.30. The lowest BCUT2D eigenvalue weighted by Crippen LogP contribution is -2.43. The van der Waals surface area contributed by atoms with Crippen LogP contribution in [0.2, 0.25) is 5.02 Å². The van der Waals surface area contributed by atoms with Gasteiger partial charge in [-0.3, -0.25) is 4.79 Å². The van der Waals surface area contributed by atoms with Crippen LogP contribution in [0.5, 0.6) is 5.75 Å². The second-order valence-corrected chi connectivity index (χ2v) is 10.7. The third-order valence-electron chi connectivity index (χ3n) is 5.28. The molecule has 1 aliphatic rings. The lowest BCUT2D eigenvalue weighted by atomic mass is 9.97. The number of hydrogen-bond donors (Lipinski definition) is 1. The van der Waals surface area contributed by atoms with Crippen LogP contribution in [-0.4, -0.2) is 51.1 Å². The van der Waals surface area contributed by atoms with E-state index >= 15 is 0 Å². The molecule has 0 aromatic heterocycles. The number of carbonyl (C=O) groups is 1. The van der Waals surface area contributed by atoms with Crippen molar-refractivity contribution in [3.8, 4) is 5.75 Å². The third-order valence-corrected chi connectivity index (χ3v) is 8.57. The molecular formula is C22H27ClN2O4S2. The number of nitrogens with one attached hydrogen (secondary N) is 1. The monoisotopic (exact) mass is 482 g/mol. The Bertz CT molecular complexity index is 975. The molecule has 9 heteroatoms. The summed E-state index contributed by atoms with van der Waals surface area (Å²) in [6, 6.07) is 14.1. The SMILES string of the molecule is COc1ccc(S(=O)(=O)N2CCC(C(=O)NCCSCc3ccccc3Cl)CC2)cc1. The van der Waals surface area contributed by atoms with Gasteiger partial charge in [0.25, 0.3) is 0 Å². The first kappa shape index (κ1) is 23.9. The summed E-state index contributed by atoms with van der Waals surface area (Å²) in [7, 11) is -2.02. The maximum atomic E-state index is 12.8. The molecule has 1 heterocycles. The first-order valence-corrected chi connectivity index (χ1v) is 13.1. The standard InChI is InChI=1S/C22H27ClN2O4S2/c1-29-19-6-8-20(9-7-19)31(27,28)25-13-10-17(11-14-25)22(26)24-12-15-30-16-18-4-2-3-5-21(18)23/h2-9,17H,10-16H2,1H3,(H,24,26). The zero-order valence-electron chi connectivity index (χ0n) is 17.4. The molecule has 31 heavy (non-hydrogen) atoms. The first-order valence-electron chi connectivity index (χ1n) is 10.1. The molecule has 0 spiro atoms. The van der Waals surface area contributed by atoms with E-state index < -0.39 is 10.0 Å². The summed E-state index contributed by atoms with van der Waals surface area (Å²) in [6.07, 6.45) is 1.04. The molecule has 0 saturated carbocycles. The minimum absolute atomic E-state index is 0.000149. The van der Waals surface area contributed by atoms with Crippen molar-refractivity contribution in [3.05, 3.63) is 59.1 Å². The molecule has 2 aromatic carbocycles. The van der Waals surface area contributed by atoms with Crippen LogP contribution in [-0.2, 0) is 20.6 Å². The summed E-state index contributed by atoms with van der Waals surface area (Å²) in [5.74, 6) is 2.05. The molecule has 0 aliphatic carbocycles. The van der Waals surface area contributed by atoms with Gasteiger partial charge < -0.3 is 10.1 Å². The maximum absolute atomic E-state index is 12.8. The average molecular weight is 483 g/mol. The Morgan fingerprint density at radius 3 is 2.48 bits per heavy atom. The van der Waals surface area contributed by atoms with Gasteiger partial charge in [0.1, 0.15) is 5.75 Å². The molecule has 1 aliphatic heterocycles. The fourth-order valence-corrected chi connectivity index (χ4v) is 6.06. The van der Waals surface area contributed by atoms with E-state index in [9.17, 15) is 13.2 Å². The van der Waals surface area contributed by atoms with E-state index in [0.717, 1.165) is 22.1 Å². The number of rotatable bonds is 9. The number of thioether (sulfide) groups is 1. The van der Waals surface area contributed by atoms with Gasteiger partial charge in [-0.05, 0) is 48.7 Å². The Balaban J connectivity index is 1.40. The van der Waals surface area contributed by atoms with Crippen molar-refractivity contribution in [2.45, 2.75) is 23.5 Å². The quantitative estimate of drug-likeness (QED) is 0.550. The largest absolute Gasteiger partial charge is 0.497 e. The van der Waals surface area contributed by atoms with E-state index in [1.165, 1.54) is 11.4 Å². The van der Waals surface area contributed by atoms with Crippen LogP contribution >= 0.6 is 23.4 Å². The molecule has 1 amide bonds. The van der Waals surface area contributed by atoms with Gasteiger partial charge in [0.05, 0.1) is 12.0 Å². The highest BCUT2D eigenvalue weighted by Crippen LogP contribution is 2.25. The van der Waals surface area contributed by atoms with E-state index in [-0.39, 0.29) is 16.7 Å². The summed E-state index contributed by atoms with van der Waals surface area (Å²) < 4.78 is 32.2. The van der Waals surface area contributed by atoms with E-state index in [0.29, 0.717) is 38.2 Å². The zero-order chi connectivity index (χ0) is 22.3. The van der Waals surface area contributed by atoms with Crippen LogP contribution in [0.25, 0.3) is 0 Å². The van der Waals surface area contributed by atoms with Crippen LogP contribution in [0.3, 0.4) is 0 Å². The molecule has 1 N–H and O–H groups in total. The van der Waals surface area contributed by atoms with E-state index in [2.05, 4.69) is 5.32 Å². The molecule has 0 bridgehead atoms. The molecule has 0 radical (unpaired) electrons. The predicted molar refractivity (Wildman–Crippen MR) is 125 cm³/mol. The first-order chi connectivity index (χ1) is 14.9. The summed E-state index contributed by atoms with van der Waals surface area (Å²) in [5, 5.41) is 3.74. The Kier molecular flexibility index (Phi) is 8.66. The number of piperidine rings is 1. The molecule has 0 unspecified atom stereocenters. The topological polar surface area (TPSA) is 75.7 Å². The van der Waals surface area contributed by atoms with Crippen LogP contribution in [0, 0.1) is 5.92 Å². The average Bonchev–Trinajstić information content (AvgIpc) is 2.80. The highest BCUT2D eigenvalue weighted by atomic mass is 35.5. The number of methoxy groups -OCH3 is 1. The van der Waals surface area contributed by atoms with Gasteiger partial charge in [-0.2, -0.15) is 16.1 Å². The van der Waals surface area contributed by atoms with Crippen molar-refractivity contribution < 1.29 is 17.9 Å². The Hall–Kier alpha value is -1.74. The van der Waals surface area contributed by atoms with Crippen LogP contribution in [0.4, 0.5) is 0 Å². The number of nitrogens with zero attached hydrogens (tertiary/aromatic N) is 1. The minimum atomic E-state index is -3.56. The van der Waals surface area contributed by atoms with Crippen LogP contribution < -0.4 is 10.1 Å². The maximum Gasteiger partial charge on any atom is 0.243 e. The summed E-state index contributed by atoms with van der Waals surface area (Å²) in [5.41, 5.74) is 1.09. The summed E-state index contributed by atoms with van der Waals surface area (Å²) >= 11 is 7.87. The number of sulfonamides is 1. The number of amides is 1. The van der Waals surface area contributed by atoms with E-state index in [1.807, 2.05) is 24.3 Å². The molecule has 3 rings (SSSR count). The zero-order valence-corrected chi connectivity index (χ0v) is 19.8. The molecule has 2 aromatic rings. The Morgan fingerprint density at radius 1 is 1.16 bits per heavy atom. The fraction of sp³-hybridized carbons (Fsp3) is 0.409. The molecular weight excluding hydrogens is 456 g/mol. The van der Waals surface area contributed by atoms with Gasteiger partial charge >= 0.3 is 0 Å². The van der Waals surface area contributed by atoms with Gasteiger partial charge in [0.15, 0.2) is 0 Å². The highest BCUT2D eigenvalue weighted by molar-refractivity contribution is 7.98. The Morgan fingerprint density at radius 2 is 1.84 bits per heavy atom. The number of halogens is 1. The van der Waals surface area contributed by atoms with Crippen molar-refractivity contribution in [1.29, 1.82) is 0 Å². The molecule has 6 nitrogen and oxygen atoms in total. The second-order valence-electron chi connectivity index (χ2n) is 7.29. The van der Waals surface area contributed by atoms with Crippen molar-refractivity contribution in [2.24, 2.45) is 5.92 Å². The number of benzene rings is 2. The summed E-state index contributed by atoms with van der Waals surface area (Å²) in [4.78, 5) is 12.7. The normalized spacial score (nSPS) is 15.5. The van der Waals surface area contributed by atoms with Crippen molar-refractivity contribution in [3.63, 3.8) is 0 Å². The van der Waals surface area contributed by atoms with Gasteiger partial charge in [-0.25, -0.2) is 8.42 Å². The number of hydrogen-bond acceptors (Lipinski definition) is 5. The number of carbonyl (C=O) groups excluding carboxylic acids is 1. The number of ether oxygens (including phenoxy) is 1. The molecule has 168 valence electrons. The second kappa shape index (κ2) is 11.2. The molecule has 1 saturated heterocycles. The van der Waals surface area contributed by atoms with Crippen LogP contribution in [0.1, 0.15) is 18.4 Å². The van der Waals surface area contributed by atoms with Crippen molar-refractivity contribution in [1.82, 2.24) is 9.62 Å². The van der Waals surface area contributed by atoms with Crippen LogP contribution in [0.15, 0.2) is 53.4 Å². The van der Waals surface area contributed by atoms with E-state index in [1.54, 1.807) is 36.0 Å². The molecule has 1 fully saturated rings. The lowest BCUT2D eigenvalue weighted by molar-refractivity contribution is -0.125. The molecule has 0 atom stereocenters. The summed E-state index contributed by atoms with van der Waals surface area (Å²) in [6.45, 7) is 1.26. The van der Waals surface area contributed by atoms with Gasteiger partial charge in [0, 0.05) is 42.1 Å². The van der Waals surface area contributed by atoms with Gasteiger partial charge in [0.2, 0.25) is 15.9 Å². The third kappa shape index (κ3) is 6.38. The fourth-order valence-electron chi connectivity index (χ4n) is 3.44. The van der Waals surface area contributed by atoms with Gasteiger partial charge in [-0.15, -0.1) is 0 Å². The van der Waals surface area contributed by atoms with Crippen molar-refractivity contribution >= 4 is 39.3 Å². The highest BCUT2D eigenvalue weighted by Gasteiger charge is 2.31. The smallest absolute Gasteiger partial charge is 0.243 e. The minimum Gasteiger partial charge on any atom is -0.497 e. The predicted octanol–water partition coefficient (Wildman–Crippen LogP) is 3.80.